The molecule has 1 fully saturated rings. The van der Waals surface area contributed by atoms with Gasteiger partial charge in [0.05, 0.1) is 5.69 Å². The standard InChI is InChI=1S/C21H26F2N4O/c1-14(26-9-2-3-10-26)4-7-20(28)27-11-8-19-16(13-27)21(25-24-19)15-5-6-17(22)18(23)12-15/h5-6,12,14H,2-4,7-11,13H2,1H3,(H,24,25)/t14-/m0/s1. The average Bonchev–Trinajstić information content (AvgIpc) is 3.37. The predicted octanol–water partition coefficient (Wildman–Crippen LogP) is 3.50. The van der Waals surface area contributed by atoms with Crippen LogP contribution in [0, 0.1) is 11.6 Å². The van der Waals surface area contributed by atoms with E-state index in [9.17, 15) is 13.6 Å². The van der Waals surface area contributed by atoms with E-state index in [-0.39, 0.29) is 5.91 Å². The quantitative estimate of drug-likeness (QED) is 0.853. The largest absolute Gasteiger partial charge is 0.338 e. The van der Waals surface area contributed by atoms with E-state index in [0.717, 1.165) is 42.9 Å². The Labute approximate surface area is 163 Å². The number of aromatic amines is 1. The lowest BCUT2D eigenvalue weighted by atomic mass is 10.00. The highest BCUT2D eigenvalue weighted by atomic mass is 19.2. The molecule has 1 atom stereocenters. The molecular weight excluding hydrogens is 362 g/mol. The smallest absolute Gasteiger partial charge is 0.222 e. The molecule has 0 spiro atoms. The molecule has 0 saturated carbocycles. The Kier molecular flexibility index (Phi) is 5.44. The number of benzene rings is 1. The Morgan fingerprint density at radius 3 is 2.75 bits per heavy atom. The van der Waals surface area contributed by atoms with Gasteiger partial charge in [0.1, 0.15) is 0 Å². The van der Waals surface area contributed by atoms with Crippen LogP contribution >= 0.6 is 0 Å². The third-order valence-electron chi connectivity index (χ3n) is 6.02. The second-order valence-corrected chi connectivity index (χ2v) is 7.85. The highest BCUT2D eigenvalue weighted by Crippen LogP contribution is 2.29. The van der Waals surface area contributed by atoms with Crippen LogP contribution < -0.4 is 0 Å². The van der Waals surface area contributed by atoms with Crippen molar-refractivity contribution in [3.63, 3.8) is 0 Å². The Morgan fingerprint density at radius 1 is 1.21 bits per heavy atom. The highest BCUT2D eigenvalue weighted by molar-refractivity contribution is 5.77. The number of hydrogen-bond acceptors (Lipinski definition) is 3. The first-order valence-corrected chi connectivity index (χ1v) is 10.1. The average molecular weight is 388 g/mol. The first-order chi connectivity index (χ1) is 13.5. The number of fused-ring (bicyclic) bond motifs is 1. The van der Waals surface area contributed by atoms with Crippen LogP contribution in [0.5, 0.6) is 0 Å². The summed E-state index contributed by atoms with van der Waals surface area (Å²) in [5.41, 5.74) is 2.98. The van der Waals surface area contributed by atoms with E-state index in [2.05, 4.69) is 22.0 Å². The van der Waals surface area contributed by atoms with E-state index in [1.54, 1.807) is 0 Å². The fourth-order valence-electron chi connectivity index (χ4n) is 4.25. The number of hydrogen-bond donors (Lipinski definition) is 1. The number of halogens is 2. The minimum absolute atomic E-state index is 0.147. The maximum absolute atomic E-state index is 13.6. The number of amides is 1. The van der Waals surface area contributed by atoms with Crippen LogP contribution in [0.1, 0.15) is 43.9 Å². The van der Waals surface area contributed by atoms with Crippen molar-refractivity contribution < 1.29 is 13.6 Å². The molecule has 7 heteroatoms. The van der Waals surface area contributed by atoms with Crippen LogP contribution in [0.4, 0.5) is 8.78 Å². The molecule has 0 aliphatic carbocycles. The van der Waals surface area contributed by atoms with E-state index < -0.39 is 11.6 Å². The van der Waals surface area contributed by atoms with Gasteiger partial charge < -0.3 is 9.80 Å². The normalized spacial score (nSPS) is 18.3. The van der Waals surface area contributed by atoms with Crippen molar-refractivity contribution in [2.75, 3.05) is 19.6 Å². The lowest BCUT2D eigenvalue weighted by molar-refractivity contribution is -0.132. The van der Waals surface area contributed by atoms with Crippen LogP contribution in [0.25, 0.3) is 11.3 Å². The Morgan fingerprint density at radius 2 is 2.00 bits per heavy atom. The zero-order valence-electron chi connectivity index (χ0n) is 16.2. The number of carbonyl (C=O) groups excluding carboxylic acids is 1. The molecule has 1 aromatic heterocycles. The summed E-state index contributed by atoms with van der Waals surface area (Å²) in [7, 11) is 0. The fraction of sp³-hybridized carbons (Fsp3) is 0.524. The molecule has 0 bridgehead atoms. The number of rotatable bonds is 5. The van der Waals surface area contributed by atoms with Gasteiger partial charge in [0, 0.05) is 48.8 Å². The molecule has 1 saturated heterocycles. The van der Waals surface area contributed by atoms with Crippen LogP contribution in [0.3, 0.4) is 0 Å². The van der Waals surface area contributed by atoms with Gasteiger partial charge in [-0.25, -0.2) is 8.78 Å². The lowest BCUT2D eigenvalue weighted by Gasteiger charge is -2.29. The fourth-order valence-corrected chi connectivity index (χ4v) is 4.25. The van der Waals surface area contributed by atoms with Crippen LogP contribution in [-0.2, 0) is 17.8 Å². The van der Waals surface area contributed by atoms with Gasteiger partial charge in [-0.15, -0.1) is 0 Å². The van der Waals surface area contributed by atoms with E-state index in [0.29, 0.717) is 43.2 Å². The predicted molar refractivity (Wildman–Crippen MR) is 103 cm³/mol. The monoisotopic (exact) mass is 388 g/mol. The van der Waals surface area contributed by atoms with Crippen LogP contribution in [0.15, 0.2) is 18.2 Å². The summed E-state index contributed by atoms with van der Waals surface area (Å²) in [6.07, 6.45) is 4.59. The Hall–Kier alpha value is -2.28. The van der Waals surface area contributed by atoms with Crippen molar-refractivity contribution in [3.8, 4) is 11.3 Å². The Balaban J connectivity index is 1.43. The van der Waals surface area contributed by atoms with E-state index in [1.807, 2.05) is 4.90 Å². The molecule has 2 aromatic rings. The first-order valence-electron chi connectivity index (χ1n) is 10.1. The molecular formula is C21H26F2N4O. The topological polar surface area (TPSA) is 52.2 Å². The van der Waals surface area contributed by atoms with Gasteiger partial charge in [-0.2, -0.15) is 5.10 Å². The second kappa shape index (κ2) is 7.99. The summed E-state index contributed by atoms with van der Waals surface area (Å²) in [5, 5.41) is 7.30. The minimum Gasteiger partial charge on any atom is -0.338 e. The van der Waals surface area contributed by atoms with E-state index in [4.69, 9.17) is 0 Å². The maximum Gasteiger partial charge on any atom is 0.222 e. The van der Waals surface area contributed by atoms with Crippen molar-refractivity contribution in [1.29, 1.82) is 0 Å². The van der Waals surface area contributed by atoms with Gasteiger partial charge >= 0.3 is 0 Å². The number of nitrogens with one attached hydrogen (secondary N) is 1. The van der Waals surface area contributed by atoms with Gasteiger partial charge in [0.15, 0.2) is 11.6 Å². The molecule has 150 valence electrons. The SMILES string of the molecule is C[C@@H](CCC(=O)N1CCc2[nH]nc(-c3ccc(F)c(F)c3)c2C1)N1CCCC1. The van der Waals surface area contributed by atoms with Gasteiger partial charge in [-0.1, -0.05) is 0 Å². The third kappa shape index (κ3) is 3.81. The van der Waals surface area contributed by atoms with Crippen molar-refractivity contribution in [3.05, 3.63) is 41.1 Å². The van der Waals surface area contributed by atoms with Gasteiger partial charge in [0.2, 0.25) is 5.91 Å². The number of carbonyl (C=O) groups is 1. The van der Waals surface area contributed by atoms with Crippen LogP contribution in [0.2, 0.25) is 0 Å². The first kappa shape index (κ1) is 19.1. The maximum atomic E-state index is 13.6. The number of likely N-dealkylation sites (tertiary alicyclic amines) is 1. The number of nitrogens with zero attached hydrogens (tertiary/aromatic N) is 3. The summed E-state index contributed by atoms with van der Waals surface area (Å²) < 4.78 is 26.9. The molecule has 1 aromatic carbocycles. The molecule has 5 nitrogen and oxygen atoms in total. The molecule has 3 heterocycles. The zero-order valence-corrected chi connectivity index (χ0v) is 16.2. The summed E-state index contributed by atoms with van der Waals surface area (Å²) in [6, 6.07) is 4.22. The molecule has 28 heavy (non-hydrogen) atoms. The summed E-state index contributed by atoms with van der Waals surface area (Å²) in [4.78, 5) is 17.1. The summed E-state index contributed by atoms with van der Waals surface area (Å²) >= 11 is 0. The van der Waals surface area contributed by atoms with Gasteiger partial charge in [-0.05, 0) is 57.5 Å². The lowest BCUT2D eigenvalue weighted by Crippen LogP contribution is -2.37. The van der Waals surface area contributed by atoms with E-state index >= 15 is 0 Å². The molecule has 0 radical (unpaired) electrons. The van der Waals surface area contributed by atoms with E-state index in [1.165, 1.54) is 18.9 Å². The van der Waals surface area contributed by atoms with Crippen molar-refractivity contribution in [2.45, 2.75) is 51.6 Å². The van der Waals surface area contributed by atoms with Crippen molar-refractivity contribution in [1.82, 2.24) is 20.0 Å². The molecule has 1 N–H and O–H groups in total. The molecule has 1 amide bonds. The zero-order chi connectivity index (χ0) is 19.7. The molecule has 4 rings (SSSR count). The summed E-state index contributed by atoms with van der Waals surface area (Å²) in [6.45, 7) is 5.58. The molecule has 2 aliphatic heterocycles. The Bertz CT molecular complexity index is 860. The van der Waals surface area contributed by atoms with Gasteiger partial charge in [-0.3, -0.25) is 9.89 Å². The second-order valence-electron chi connectivity index (χ2n) is 7.85. The number of aromatic nitrogens is 2. The molecule has 2 aliphatic rings. The minimum atomic E-state index is -0.895. The molecule has 0 unspecified atom stereocenters. The number of H-pyrrole nitrogens is 1. The highest BCUT2D eigenvalue weighted by Gasteiger charge is 2.27. The summed E-state index contributed by atoms with van der Waals surface area (Å²) in [5.74, 6) is -1.62. The van der Waals surface area contributed by atoms with Gasteiger partial charge in [0.25, 0.3) is 0 Å². The van der Waals surface area contributed by atoms with Crippen LogP contribution in [-0.4, -0.2) is 51.6 Å². The third-order valence-corrected chi connectivity index (χ3v) is 6.02. The van der Waals surface area contributed by atoms with Crippen molar-refractivity contribution >= 4 is 5.91 Å². The van der Waals surface area contributed by atoms with Crippen molar-refractivity contribution in [2.24, 2.45) is 0 Å².